The first-order chi connectivity index (χ1) is 4.70. The lowest BCUT2D eigenvalue weighted by molar-refractivity contribution is 0.0303. The van der Waals surface area contributed by atoms with Crippen LogP contribution in [0.4, 0.5) is 0 Å². The highest BCUT2D eigenvalue weighted by molar-refractivity contribution is 14.1. The van der Waals surface area contributed by atoms with Crippen molar-refractivity contribution in [2.45, 2.75) is 12.5 Å². The molecule has 0 amide bonds. The van der Waals surface area contributed by atoms with Gasteiger partial charge in [-0.15, -0.1) is 0 Å². The topological polar surface area (TPSA) is 18.5 Å². The van der Waals surface area contributed by atoms with Gasteiger partial charge in [-0.3, -0.25) is 0 Å². The van der Waals surface area contributed by atoms with Crippen molar-refractivity contribution in [1.29, 1.82) is 0 Å². The molecule has 1 atom stereocenters. The van der Waals surface area contributed by atoms with E-state index in [0.717, 1.165) is 10.0 Å². The Morgan fingerprint density at radius 2 is 2.20 bits per heavy atom. The van der Waals surface area contributed by atoms with Crippen LogP contribution in [0.25, 0.3) is 0 Å². The summed E-state index contributed by atoms with van der Waals surface area (Å²) in [5.41, 5.74) is 0. The lowest BCUT2D eigenvalue weighted by atomic mass is 10.3. The van der Waals surface area contributed by atoms with Crippen LogP contribution in [0, 0.1) is 0 Å². The second-order valence-electron chi connectivity index (χ2n) is 2.03. The van der Waals surface area contributed by atoms with E-state index in [1.807, 2.05) is 0 Å². The molecule has 0 N–H and O–H groups in total. The Bertz CT molecular complexity index is 104. The van der Waals surface area contributed by atoms with E-state index in [9.17, 15) is 0 Å². The highest BCUT2D eigenvalue weighted by Crippen LogP contribution is 2.12. The molecule has 0 saturated carbocycles. The van der Waals surface area contributed by atoms with Crippen molar-refractivity contribution in [2.24, 2.45) is 0 Å². The number of hydrogen-bond donors (Lipinski definition) is 0. The summed E-state index contributed by atoms with van der Waals surface area (Å²) in [7, 11) is 3.35. The van der Waals surface area contributed by atoms with Gasteiger partial charge in [0.25, 0.3) is 0 Å². The molecule has 0 saturated heterocycles. The molecule has 0 aromatic heterocycles. The first-order valence-corrected chi connectivity index (χ1v) is 4.13. The van der Waals surface area contributed by atoms with Crippen LogP contribution in [0.5, 0.6) is 0 Å². The molecule has 0 aromatic carbocycles. The summed E-state index contributed by atoms with van der Waals surface area (Å²) in [6.07, 6.45) is 1.03. The van der Waals surface area contributed by atoms with Crippen LogP contribution in [0.1, 0.15) is 6.42 Å². The highest BCUT2D eigenvalue weighted by atomic mass is 127. The van der Waals surface area contributed by atoms with E-state index in [-0.39, 0.29) is 6.10 Å². The Labute approximate surface area is 75.7 Å². The average molecular weight is 256 g/mol. The van der Waals surface area contributed by atoms with Crippen LogP contribution in [-0.4, -0.2) is 26.9 Å². The highest BCUT2D eigenvalue weighted by Gasteiger charge is 2.06. The molecule has 0 aromatic rings. The maximum Gasteiger partial charge on any atom is 0.0848 e. The monoisotopic (exact) mass is 256 g/mol. The predicted molar refractivity (Wildman–Crippen MR) is 50.5 cm³/mol. The fourth-order valence-electron chi connectivity index (χ4n) is 0.643. The molecule has 10 heavy (non-hydrogen) atoms. The van der Waals surface area contributed by atoms with E-state index >= 15 is 0 Å². The average Bonchev–Trinajstić information content (AvgIpc) is 1.86. The normalized spacial score (nSPS) is 13.1. The summed E-state index contributed by atoms with van der Waals surface area (Å²) in [6, 6.07) is 0. The largest absolute Gasteiger partial charge is 0.382 e. The fraction of sp³-hybridized carbons (Fsp3) is 0.714. The SMILES string of the molecule is C=C(I)C[C@@H](COC)OC. The number of ether oxygens (including phenoxy) is 2. The van der Waals surface area contributed by atoms with Crippen LogP contribution in [0.15, 0.2) is 10.2 Å². The molecule has 0 unspecified atom stereocenters. The Balaban J connectivity index is 3.49. The summed E-state index contributed by atoms with van der Waals surface area (Å²) in [4.78, 5) is 0. The van der Waals surface area contributed by atoms with Crippen LogP contribution >= 0.6 is 22.6 Å². The van der Waals surface area contributed by atoms with E-state index in [4.69, 9.17) is 9.47 Å². The summed E-state index contributed by atoms with van der Waals surface area (Å²) in [5, 5.41) is 0. The zero-order chi connectivity index (χ0) is 7.98. The van der Waals surface area contributed by atoms with E-state index in [1.165, 1.54) is 0 Å². The van der Waals surface area contributed by atoms with Crippen LogP contribution in [-0.2, 0) is 9.47 Å². The minimum atomic E-state index is 0.161. The lowest BCUT2D eigenvalue weighted by Crippen LogP contribution is -2.16. The second-order valence-corrected chi connectivity index (χ2v) is 3.56. The van der Waals surface area contributed by atoms with Crippen molar-refractivity contribution in [2.75, 3.05) is 20.8 Å². The van der Waals surface area contributed by atoms with Gasteiger partial charge < -0.3 is 9.47 Å². The van der Waals surface area contributed by atoms with Crippen molar-refractivity contribution in [1.82, 2.24) is 0 Å². The van der Waals surface area contributed by atoms with Gasteiger partial charge in [0, 0.05) is 20.6 Å². The maximum absolute atomic E-state index is 5.11. The summed E-state index contributed by atoms with van der Waals surface area (Å²) in [5.74, 6) is 0. The van der Waals surface area contributed by atoms with Gasteiger partial charge in [0.15, 0.2) is 0 Å². The molecule has 0 aliphatic carbocycles. The molecular weight excluding hydrogens is 243 g/mol. The number of rotatable bonds is 5. The molecule has 3 heteroatoms. The molecule has 0 heterocycles. The van der Waals surface area contributed by atoms with Crippen molar-refractivity contribution >= 4 is 22.6 Å². The van der Waals surface area contributed by atoms with Gasteiger partial charge in [0.1, 0.15) is 0 Å². The van der Waals surface area contributed by atoms with Gasteiger partial charge in [-0.2, -0.15) is 0 Å². The summed E-state index contributed by atoms with van der Waals surface area (Å²) in [6.45, 7) is 4.41. The van der Waals surface area contributed by atoms with Crippen molar-refractivity contribution in [3.05, 3.63) is 10.2 Å². The molecule has 0 radical (unpaired) electrons. The molecule has 2 nitrogen and oxygen atoms in total. The minimum Gasteiger partial charge on any atom is -0.382 e. The number of halogens is 1. The predicted octanol–water partition coefficient (Wildman–Crippen LogP) is 1.99. The smallest absolute Gasteiger partial charge is 0.0848 e. The minimum absolute atomic E-state index is 0.161. The van der Waals surface area contributed by atoms with Gasteiger partial charge >= 0.3 is 0 Å². The maximum atomic E-state index is 5.11. The van der Waals surface area contributed by atoms with Crippen molar-refractivity contribution in [3.63, 3.8) is 0 Å². The Hall–Kier alpha value is 0.390. The quantitative estimate of drug-likeness (QED) is 0.700. The van der Waals surface area contributed by atoms with Crippen molar-refractivity contribution < 1.29 is 9.47 Å². The van der Waals surface area contributed by atoms with Crippen LogP contribution in [0.3, 0.4) is 0 Å². The standard InChI is InChI=1S/C7H13IO2/c1-6(8)4-7(10-3)5-9-2/h7H,1,4-5H2,2-3H3/t7-/m0/s1. The molecule has 0 spiro atoms. The molecule has 0 bridgehead atoms. The fourth-order valence-corrected chi connectivity index (χ4v) is 1.13. The first-order valence-electron chi connectivity index (χ1n) is 3.05. The Morgan fingerprint density at radius 3 is 2.50 bits per heavy atom. The molecule has 0 rings (SSSR count). The van der Waals surface area contributed by atoms with Gasteiger partial charge in [0.05, 0.1) is 12.7 Å². The number of hydrogen-bond acceptors (Lipinski definition) is 2. The Morgan fingerprint density at radius 1 is 1.60 bits per heavy atom. The third-order valence-electron chi connectivity index (χ3n) is 1.14. The third-order valence-corrected chi connectivity index (χ3v) is 1.58. The van der Waals surface area contributed by atoms with E-state index in [0.29, 0.717) is 6.61 Å². The van der Waals surface area contributed by atoms with E-state index in [2.05, 4.69) is 29.2 Å². The zero-order valence-corrected chi connectivity index (χ0v) is 8.55. The summed E-state index contributed by atoms with van der Waals surface area (Å²) >= 11 is 2.19. The second kappa shape index (κ2) is 6.12. The zero-order valence-electron chi connectivity index (χ0n) is 6.39. The molecule has 0 fully saturated rings. The van der Waals surface area contributed by atoms with Crippen molar-refractivity contribution in [3.8, 4) is 0 Å². The molecular formula is C7H13IO2. The summed E-state index contributed by atoms with van der Waals surface area (Å²) < 4.78 is 11.1. The van der Waals surface area contributed by atoms with E-state index < -0.39 is 0 Å². The van der Waals surface area contributed by atoms with Gasteiger partial charge in [-0.1, -0.05) is 6.58 Å². The third kappa shape index (κ3) is 5.20. The lowest BCUT2D eigenvalue weighted by Gasteiger charge is -2.12. The Kier molecular flexibility index (Phi) is 6.36. The van der Waals surface area contributed by atoms with Gasteiger partial charge in [0.2, 0.25) is 0 Å². The first kappa shape index (κ1) is 10.4. The van der Waals surface area contributed by atoms with Crippen LogP contribution < -0.4 is 0 Å². The molecule has 0 aliphatic heterocycles. The molecule has 60 valence electrons. The molecule has 0 aliphatic rings. The van der Waals surface area contributed by atoms with Gasteiger partial charge in [-0.05, 0) is 26.2 Å². The van der Waals surface area contributed by atoms with E-state index in [1.54, 1.807) is 14.2 Å². The van der Waals surface area contributed by atoms with Crippen LogP contribution in [0.2, 0.25) is 0 Å². The van der Waals surface area contributed by atoms with Gasteiger partial charge in [-0.25, -0.2) is 0 Å². The number of methoxy groups -OCH3 is 2.